The molecule has 0 bridgehead atoms. The number of rotatable bonds is 9. The highest BCUT2D eigenvalue weighted by Crippen LogP contribution is 2.29. The van der Waals surface area contributed by atoms with Gasteiger partial charge in [0.05, 0.1) is 26.0 Å². The molecule has 8 heteroatoms. The number of para-hydroxylation sites is 1. The molecule has 0 aliphatic rings. The zero-order valence-corrected chi connectivity index (χ0v) is 18.6. The Kier molecular flexibility index (Phi) is 8.00. The minimum absolute atomic E-state index is 0.0383. The minimum Gasteiger partial charge on any atom is -0.355 e. The van der Waals surface area contributed by atoms with E-state index in [1.54, 1.807) is 11.3 Å². The normalized spacial score (nSPS) is 11.3. The molecule has 148 valence electrons. The Morgan fingerprint density at radius 3 is 2.82 bits per heavy atom. The molecule has 28 heavy (non-hydrogen) atoms. The van der Waals surface area contributed by atoms with Gasteiger partial charge in [-0.2, -0.15) is 0 Å². The lowest BCUT2D eigenvalue weighted by Gasteiger charge is -2.17. The number of carbonyl (C=O) groups is 1. The van der Waals surface area contributed by atoms with Gasteiger partial charge in [-0.1, -0.05) is 53.2 Å². The monoisotopic (exact) mass is 453 g/mol. The fraction of sp³-hybridized carbons (Fsp3) is 0.300. The maximum Gasteiger partial charge on any atom is 0.230 e. The summed E-state index contributed by atoms with van der Waals surface area (Å²) in [5.41, 5.74) is 2.11. The number of nitrogens with zero attached hydrogens (tertiary/aromatic N) is 2. The van der Waals surface area contributed by atoms with Crippen LogP contribution in [-0.2, 0) is 11.3 Å². The van der Waals surface area contributed by atoms with Crippen molar-refractivity contribution in [3.05, 3.63) is 58.1 Å². The molecule has 1 aromatic heterocycles. The van der Waals surface area contributed by atoms with E-state index in [0.29, 0.717) is 22.3 Å². The summed E-state index contributed by atoms with van der Waals surface area (Å²) in [5, 5.41) is 4.12. The quantitative estimate of drug-likeness (QED) is 0.351. The van der Waals surface area contributed by atoms with Gasteiger partial charge in [-0.25, -0.2) is 4.98 Å². The highest BCUT2D eigenvalue weighted by Gasteiger charge is 2.08. The van der Waals surface area contributed by atoms with Crippen LogP contribution in [0, 0.1) is 0 Å². The largest absolute Gasteiger partial charge is 0.355 e. The molecule has 2 aromatic carbocycles. The molecule has 1 N–H and O–H groups in total. The van der Waals surface area contributed by atoms with Crippen molar-refractivity contribution in [3.63, 3.8) is 0 Å². The lowest BCUT2D eigenvalue weighted by atomic mass is 10.2. The molecule has 0 fully saturated rings. The first-order chi connectivity index (χ1) is 13.5. The smallest absolute Gasteiger partial charge is 0.230 e. The van der Waals surface area contributed by atoms with Crippen LogP contribution in [-0.4, -0.2) is 41.7 Å². The Morgan fingerprint density at radius 1 is 1.21 bits per heavy atom. The summed E-state index contributed by atoms with van der Waals surface area (Å²) < 4.78 is 2.08. The maximum absolute atomic E-state index is 12.0. The molecular weight excluding hydrogens is 433 g/mol. The number of thiazole rings is 1. The Hall–Kier alpha value is -1.31. The number of nitrogens with one attached hydrogen (secondary N) is 1. The van der Waals surface area contributed by atoms with Crippen molar-refractivity contribution in [2.24, 2.45) is 0 Å². The van der Waals surface area contributed by atoms with Gasteiger partial charge in [-0.05, 0) is 49.8 Å². The number of hydrogen-bond donors (Lipinski definition) is 1. The summed E-state index contributed by atoms with van der Waals surface area (Å²) in [5.74, 6) is 0.426. The molecule has 1 heterocycles. The summed E-state index contributed by atoms with van der Waals surface area (Å²) in [6, 6.07) is 13.7. The van der Waals surface area contributed by atoms with Gasteiger partial charge in [0.1, 0.15) is 0 Å². The van der Waals surface area contributed by atoms with Gasteiger partial charge in [-0.15, -0.1) is 11.3 Å². The van der Waals surface area contributed by atoms with Crippen molar-refractivity contribution in [2.75, 3.05) is 25.9 Å². The van der Waals surface area contributed by atoms with Gasteiger partial charge in [0.25, 0.3) is 0 Å². The molecule has 0 atom stereocenters. The maximum atomic E-state index is 12.0. The van der Waals surface area contributed by atoms with E-state index >= 15 is 0 Å². The first kappa shape index (κ1) is 21.4. The minimum atomic E-state index is 0.0383. The van der Waals surface area contributed by atoms with Crippen LogP contribution >= 0.6 is 46.3 Å². The van der Waals surface area contributed by atoms with Crippen molar-refractivity contribution in [1.29, 1.82) is 0 Å². The lowest BCUT2D eigenvalue weighted by molar-refractivity contribution is -0.118. The predicted molar refractivity (Wildman–Crippen MR) is 121 cm³/mol. The second-order valence-corrected chi connectivity index (χ2v) is 9.49. The van der Waals surface area contributed by atoms with E-state index in [1.807, 2.05) is 49.5 Å². The Labute approximate surface area is 183 Å². The van der Waals surface area contributed by atoms with Crippen molar-refractivity contribution in [1.82, 2.24) is 15.2 Å². The topological polar surface area (TPSA) is 45.2 Å². The fourth-order valence-corrected chi connectivity index (χ4v) is 4.92. The fourth-order valence-electron chi connectivity index (χ4n) is 2.70. The second kappa shape index (κ2) is 10.5. The van der Waals surface area contributed by atoms with Crippen LogP contribution in [0.2, 0.25) is 10.0 Å². The standard InChI is InChI=1S/C20H21Cl2N3OS2/c1-25(12-14-7-8-15(21)16(22)11-14)10-4-9-23-19(26)13-27-20-24-17-5-2-3-6-18(17)28-20/h2-3,5-8,11H,4,9-10,12-13H2,1H3,(H,23,26). The van der Waals surface area contributed by atoms with Crippen LogP contribution in [0.25, 0.3) is 10.2 Å². The highest BCUT2D eigenvalue weighted by atomic mass is 35.5. The molecule has 0 aliphatic heterocycles. The summed E-state index contributed by atoms with van der Waals surface area (Å²) in [4.78, 5) is 18.8. The Morgan fingerprint density at radius 2 is 2.04 bits per heavy atom. The van der Waals surface area contributed by atoms with E-state index in [2.05, 4.69) is 15.2 Å². The van der Waals surface area contributed by atoms with Crippen LogP contribution in [0.15, 0.2) is 46.8 Å². The Bertz CT molecular complexity index is 915. The number of amides is 1. The van der Waals surface area contributed by atoms with Crippen molar-refractivity contribution in [2.45, 2.75) is 17.3 Å². The first-order valence-corrected chi connectivity index (χ1v) is 11.4. The average Bonchev–Trinajstić information content (AvgIpc) is 3.09. The van der Waals surface area contributed by atoms with E-state index in [1.165, 1.54) is 11.8 Å². The molecule has 4 nitrogen and oxygen atoms in total. The van der Waals surface area contributed by atoms with E-state index in [-0.39, 0.29) is 5.91 Å². The number of halogens is 2. The molecule has 0 saturated heterocycles. The van der Waals surface area contributed by atoms with Gasteiger partial charge in [-0.3, -0.25) is 4.79 Å². The molecule has 0 spiro atoms. The number of carbonyl (C=O) groups excluding carboxylic acids is 1. The third-order valence-corrected chi connectivity index (χ3v) is 6.99. The SMILES string of the molecule is CN(CCCNC(=O)CSc1nc2ccccc2s1)Cc1ccc(Cl)c(Cl)c1. The van der Waals surface area contributed by atoms with Crippen LogP contribution < -0.4 is 5.32 Å². The molecule has 3 rings (SSSR count). The van der Waals surface area contributed by atoms with Crippen LogP contribution in [0.5, 0.6) is 0 Å². The van der Waals surface area contributed by atoms with E-state index < -0.39 is 0 Å². The van der Waals surface area contributed by atoms with Crippen molar-refractivity contribution in [3.8, 4) is 0 Å². The molecule has 1 amide bonds. The predicted octanol–water partition coefficient (Wildman–Crippen LogP) is 5.33. The third kappa shape index (κ3) is 6.36. The van der Waals surface area contributed by atoms with Gasteiger partial charge in [0.15, 0.2) is 4.34 Å². The van der Waals surface area contributed by atoms with E-state index in [4.69, 9.17) is 23.2 Å². The summed E-state index contributed by atoms with van der Waals surface area (Å²) in [6.45, 7) is 2.33. The van der Waals surface area contributed by atoms with Crippen molar-refractivity contribution >= 4 is 62.4 Å². The van der Waals surface area contributed by atoms with Gasteiger partial charge in [0.2, 0.25) is 5.91 Å². The molecule has 0 aliphatic carbocycles. The average molecular weight is 454 g/mol. The second-order valence-electron chi connectivity index (χ2n) is 6.43. The van der Waals surface area contributed by atoms with Gasteiger partial charge >= 0.3 is 0 Å². The van der Waals surface area contributed by atoms with Crippen LogP contribution in [0.1, 0.15) is 12.0 Å². The van der Waals surface area contributed by atoms with E-state index in [0.717, 1.165) is 39.6 Å². The van der Waals surface area contributed by atoms with Crippen LogP contribution in [0.4, 0.5) is 0 Å². The lowest BCUT2D eigenvalue weighted by Crippen LogP contribution is -2.29. The van der Waals surface area contributed by atoms with Crippen molar-refractivity contribution < 1.29 is 4.79 Å². The number of benzene rings is 2. The number of aromatic nitrogens is 1. The molecule has 3 aromatic rings. The number of thioether (sulfide) groups is 1. The molecule has 0 saturated carbocycles. The van der Waals surface area contributed by atoms with Gasteiger partial charge in [0, 0.05) is 13.1 Å². The number of hydrogen-bond acceptors (Lipinski definition) is 5. The molecule has 0 radical (unpaired) electrons. The molecular formula is C20H21Cl2N3OS2. The summed E-state index contributed by atoms with van der Waals surface area (Å²) in [7, 11) is 2.05. The first-order valence-electron chi connectivity index (χ1n) is 8.89. The zero-order valence-electron chi connectivity index (χ0n) is 15.5. The summed E-state index contributed by atoms with van der Waals surface area (Å²) in [6.07, 6.45) is 0.884. The Balaban J connectivity index is 1.33. The van der Waals surface area contributed by atoms with Crippen LogP contribution in [0.3, 0.4) is 0 Å². The molecule has 0 unspecified atom stereocenters. The number of fused-ring (bicyclic) bond motifs is 1. The van der Waals surface area contributed by atoms with E-state index in [9.17, 15) is 4.79 Å². The third-order valence-electron chi connectivity index (χ3n) is 4.08. The highest BCUT2D eigenvalue weighted by molar-refractivity contribution is 8.01. The van der Waals surface area contributed by atoms with Gasteiger partial charge < -0.3 is 10.2 Å². The summed E-state index contributed by atoms with van der Waals surface area (Å²) >= 11 is 15.1. The zero-order chi connectivity index (χ0) is 19.9.